The molecule has 0 bridgehead atoms. The standard InChI is InChI=1S/C27H25ClN2O4/c28-18-5-7-25-26(15-18)34-27(33-25)9-13-30(14-10-27)12-2-4-20-21-3-1-11-29-23(21)17-32-24-8-6-19(31)16-22(20)24/h1,3-8,11,15-16,31H,2,9-10,12-14,17H2. The first kappa shape index (κ1) is 21.3. The van der Waals surface area contributed by atoms with E-state index in [1.165, 1.54) is 0 Å². The molecule has 1 saturated heterocycles. The van der Waals surface area contributed by atoms with Gasteiger partial charge < -0.3 is 24.2 Å². The van der Waals surface area contributed by atoms with Gasteiger partial charge in [0.05, 0.1) is 5.69 Å². The summed E-state index contributed by atoms with van der Waals surface area (Å²) >= 11 is 6.10. The van der Waals surface area contributed by atoms with Crippen LogP contribution in [0.1, 0.15) is 36.1 Å². The molecular weight excluding hydrogens is 452 g/mol. The van der Waals surface area contributed by atoms with E-state index in [1.54, 1.807) is 18.3 Å². The Labute approximate surface area is 203 Å². The summed E-state index contributed by atoms with van der Waals surface area (Å²) in [7, 11) is 0. The maximum Gasteiger partial charge on any atom is 0.254 e. The van der Waals surface area contributed by atoms with Gasteiger partial charge in [0.2, 0.25) is 0 Å². The minimum absolute atomic E-state index is 0.223. The number of pyridine rings is 1. The van der Waals surface area contributed by atoms with Crippen molar-refractivity contribution >= 4 is 17.2 Å². The number of phenolic OH excluding ortho intramolecular Hbond substituents is 1. The normalized spacial score (nSPS) is 19.4. The van der Waals surface area contributed by atoms with Gasteiger partial charge in [-0.3, -0.25) is 4.98 Å². The number of benzene rings is 2. The molecule has 0 aliphatic carbocycles. The van der Waals surface area contributed by atoms with Gasteiger partial charge in [-0.1, -0.05) is 23.7 Å². The van der Waals surface area contributed by atoms with E-state index in [-0.39, 0.29) is 5.75 Å². The Kier molecular flexibility index (Phi) is 5.35. The Morgan fingerprint density at radius 2 is 1.82 bits per heavy atom. The maximum atomic E-state index is 10.1. The van der Waals surface area contributed by atoms with E-state index >= 15 is 0 Å². The number of likely N-dealkylation sites (tertiary alicyclic amines) is 1. The number of halogens is 1. The van der Waals surface area contributed by atoms with Crippen molar-refractivity contribution in [3.05, 3.63) is 82.6 Å². The van der Waals surface area contributed by atoms with Crippen molar-refractivity contribution in [1.29, 1.82) is 0 Å². The lowest BCUT2D eigenvalue weighted by atomic mass is 9.95. The van der Waals surface area contributed by atoms with Gasteiger partial charge in [0.15, 0.2) is 11.5 Å². The molecule has 1 fully saturated rings. The number of aromatic hydroxyl groups is 1. The van der Waals surface area contributed by atoms with E-state index in [2.05, 4.69) is 22.0 Å². The van der Waals surface area contributed by atoms with Crippen LogP contribution in [0.4, 0.5) is 0 Å². The van der Waals surface area contributed by atoms with Crippen molar-refractivity contribution in [1.82, 2.24) is 9.88 Å². The lowest BCUT2D eigenvalue weighted by molar-refractivity contribution is -0.118. The zero-order chi connectivity index (χ0) is 23.1. The summed E-state index contributed by atoms with van der Waals surface area (Å²) in [6, 6.07) is 14.8. The molecule has 0 saturated carbocycles. The minimum Gasteiger partial charge on any atom is -0.508 e. The summed E-state index contributed by atoms with van der Waals surface area (Å²) in [4.78, 5) is 6.96. The highest BCUT2D eigenvalue weighted by Gasteiger charge is 2.44. The number of nitrogens with zero attached hydrogens (tertiary/aromatic N) is 2. The molecule has 0 unspecified atom stereocenters. The summed E-state index contributed by atoms with van der Waals surface area (Å²) in [6.45, 7) is 3.11. The third-order valence-corrected chi connectivity index (χ3v) is 6.94. The van der Waals surface area contributed by atoms with Gasteiger partial charge in [0, 0.05) is 60.9 Å². The molecule has 3 aliphatic rings. The average molecular weight is 477 g/mol. The fraction of sp³-hybridized carbons (Fsp3) is 0.296. The molecule has 6 rings (SSSR count). The monoisotopic (exact) mass is 476 g/mol. The first-order valence-corrected chi connectivity index (χ1v) is 12.0. The van der Waals surface area contributed by atoms with Gasteiger partial charge in [-0.15, -0.1) is 0 Å². The minimum atomic E-state index is -0.582. The van der Waals surface area contributed by atoms with E-state index in [1.807, 2.05) is 30.3 Å². The fourth-order valence-electron chi connectivity index (χ4n) is 4.94. The second-order valence-electron chi connectivity index (χ2n) is 8.92. The van der Waals surface area contributed by atoms with Crippen LogP contribution in [0.25, 0.3) is 5.57 Å². The van der Waals surface area contributed by atoms with E-state index in [0.29, 0.717) is 11.6 Å². The molecule has 174 valence electrons. The van der Waals surface area contributed by atoms with Crippen LogP contribution in [-0.4, -0.2) is 40.4 Å². The molecule has 0 radical (unpaired) electrons. The van der Waals surface area contributed by atoms with Gasteiger partial charge in [-0.2, -0.15) is 0 Å². The Hall–Kier alpha value is -3.22. The van der Waals surface area contributed by atoms with Crippen LogP contribution in [0, 0.1) is 0 Å². The van der Waals surface area contributed by atoms with Gasteiger partial charge in [-0.25, -0.2) is 0 Å². The summed E-state index contributed by atoms with van der Waals surface area (Å²) in [6.07, 6.45) is 6.48. The Morgan fingerprint density at radius 3 is 2.71 bits per heavy atom. The molecule has 0 amide bonds. The van der Waals surface area contributed by atoms with E-state index < -0.39 is 5.79 Å². The predicted octanol–water partition coefficient (Wildman–Crippen LogP) is 5.42. The summed E-state index contributed by atoms with van der Waals surface area (Å²) < 4.78 is 18.3. The predicted molar refractivity (Wildman–Crippen MR) is 129 cm³/mol. The number of phenols is 1. The van der Waals surface area contributed by atoms with Crippen molar-refractivity contribution in [3.8, 4) is 23.0 Å². The van der Waals surface area contributed by atoms with Crippen LogP contribution in [0.2, 0.25) is 5.02 Å². The largest absolute Gasteiger partial charge is 0.508 e. The van der Waals surface area contributed by atoms with E-state index in [4.69, 9.17) is 25.8 Å². The van der Waals surface area contributed by atoms with Crippen LogP contribution in [0.3, 0.4) is 0 Å². The highest BCUT2D eigenvalue weighted by atomic mass is 35.5. The van der Waals surface area contributed by atoms with Gasteiger partial charge in [0.25, 0.3) is 5.79 Å². The van der Waals surface area contributed by atoms with Crippen LogP contribution in [-0.2, 0) is 6.61 Å². The van der Waals surface area contributed by atoms with Crippen LogP contribution in [0.5, 0.6) is 23.0 Å². The number of fused-ring (bicyclic) bond motifs is 3. The van der Waals surface area contributed by atoms with Gasteiger partial charge in [0.1, 0.15) is 18.1 Å². The van der Waals surface area contributed by atoms with Gasteiger partial charge >= 0.3 is 0 Å². The van der Waals surface area contributed by atoms with Gasteiger partial charge in [-0.05, 0) is 48.4 Å². The second-order valence-corrected chi connectivity index (χ2v) is 9.36. The SMILES string of the molecule is Oc1ccc2c(c1)C(=CCCN1CCC3(CC1)Oc1ccc(Cl)cc1O3)c1cccnc1CO2. The lowest BCUT2D eigenvalue weighted by Crippen LogP contribution is -2.49. The van der Waals surface area contributed by atoms with Crippen molar-refractivity contribution in [2.24, 2.45) is 0 Å². The highest BCUT2D eigenvalue weighted by molar-refractivity contribution is 6.30. The quantitative estimate of drug-likeness (QED) is 0.544. The molecule has 1 aromatic heterocycles. The number of aromatic nitrogens is 1. The Balaban J connectivity index is 1.15. The number of rotatable bonds is 3. The maximum absolute atomic E-state index is 10.1. The van der Waals surface area contributed by atoms with Crippen LogP contribution in [0.15, 0.2) is 60.8 Å². The number of ether oxygens (including phenoxy) is 3. The third kappa shape index (κ3) is 3.97. The molecule has 0 atom stereocenters. The van der Waals surface area contributed by atoms with Crippen LogP contribution < -0.4 is 14.2 Å². The first-order chi connectivity index (χ1) is 16.6. The second kappa shape index (κ2) is 8.53. The molecule has 4 heterocycles. The van der Waals surface area contributed by atoms with Crippen molar-refractivity contribution in [2.45, 2.75) is 31.7 Å². The van der Waals surface area contributed by atoms with Crippen molar-refractivity contribution in [2.75, 3.05) is 19.6 Å². The number of hydrogen-bond donors (Lipinski definition) is 1. The summed E-state index contributed by atoms with van der Waals surface area (Å²) in [5.41, 5.74) is 3.90. The molecule has 6 nitrogen and oxygen atoms in total. The van der Waals surface area contributed by atoms with E-state index in [9.17, 15) is 5.11 Å². The highest BCUT2D eigenvalue weighted by Crippen LogP contribution is 2.45. The molecule has 34 heavy (non-hydrogen) atoms. The number of hydrogen-bond acceptors (Lipinski definition) is 6. The molecule has 3 aromatic rings. The molecular formula is C27H25ClN2O4. The molecule has 1 N–H and O–H groups in total. The number of piperidine rings is 1. The van der Waals surface area contributed by atoms with E-state index in [0.717, 1.165) is 78.5 Å². The third-order valence-electron chi connectivity index (χ3n) is 6.71. The molecule has 1 spiro atoms. The Morgan fingerprint density at radius 1 is 1.00 bits per heavy atom. The van der Waals surface area contributed by atoms with Crippen molar-refractivity contribution < 1.29 is 19.3 Å². The zero-order valence-electron chi connectivity index (χ0n) is 18.7. The molecule has 7 heteroatoms. The average Bonchev–Trinajstić information content (AvgIpc) is 3.11. The molecule has 3 aliphatic heterocycles. The van der Waals surface area contributed by atoms with Crippen LogP contribution >= 0.6 is 11.6 Å². The van der Waals surface area contributed by atoms with Crippen molar-refractivity contribution in [3.63, 3.8) is 0 Å². The Bertz CT molecular complexity index is 1270. The summed E-state index contributed by atoms with van der Waals surface area (Å²) in [5.74, 6) is 1.91. The molecule has 2 aromatic carbocycles. The lowest BCUT2D eigenvalue weighted by Gasteiger charge is -2.37. The zero-order valence-corrected chi connectivity index (χ0v) is 19.4. The topological polar surface area (TPSA) is 64.1 Å². The fourth-order valence-corrected chi connectivity index (χ4v) is 5.11. The smallest absolute Gasteiger partial charge is 0.254 e. The summed E-state index contributed by atoms with van der Waals surface area (Å²) in [5, 5.41) is 10.8. The first-order valence-electron chi connectivity index (χ1n) is 11.6.